The molecule has 0 aliphatic rings. The minimum absolute atomic E-state index is 0.483. The number of nitrogens with zero attached hydrogens (tertiary/aromatic N) is 2. The van der Waals surface area contributed by atoms with Gasteiger partial charge in [-0.2, -0.15) is 5.26 Å². The van der Waals surface area contributed by atoms with Gasteiger partial charge in [0.15, 0.2) is 0 Å². The highest BCUT2D eigenvalue weighted by Crippen LogP contribution is 2.30. The van der Waals surface area contributed by atoms with Crippen LogP contribution in [0, 0.1) is 11.3 Å². The molecule has 0 radical (unpaired) electrons. The summed E-state index contributed by atoms with van der Waals surface area (Å²) < 4.78 is 5.92. The Hall–Kier alpha value is -4.20. The summed E-state index contributed by atoms with van der Waals surface area (Å²) in [7, 11) is 0. The quantitative estimate of drug-likeness (QED) is 0.267. The Morgan fingerprint density at radius 2 is 1.38 bits per heavy atom. The molecule has 0 saturated carbocycles. The summed E-state index contributed by atoms with van der Waals surface area (Å²) in [4.78, 5) is 4.70. The van der Waals surface area contributed by atoms with Crippen LogP contribution in [0.5, 0.6) is 0 Å². The Balaban J connectivity index is 1.38. The molecule has 0 saturated heterocycles. The molecule has 0 spiro atoms. The smallest absolute Gasteiger partial charge is 0.134 e. The molecule has 3 aromatic carbocycles. The molecule has 0 unspecified atom stereocenters. The molecule has 0 bridgehead atoms. The number of hydrogen-bond donors (Lipinski definition) is 0. The van der Waals surface area contributed by atoms with E-state index in [0.717, 1.165) is 28.1 Å². The predicted octanol–water partition coefficient (Wildman–Crippen LogP) is 7.80. The highest BCUT2D eigenvalue weighted by atomic mass is 32.1. The number of nitriles is 1. The first-order chi connectivity index (χ1) is 15.8. The Kier molecular flexibility index (Phi) is 5.48. The van der Waals surface area contributed by atoms with Crippen LogP contribution in [-0.4, -0.2) is 4.98 Å². The van der Waals surface area contributed by atoms with Crippen molar-refractivity contribution < 1.29 is 4.42 Å². The van der Waals surface area contributed by atoms with Crippen LogP contribution in [0.15, 0.2) is 107 Å². The molecule has 0 atom stereocenters. The summed E-state index contributed by atoms with van der Waals surface area (Å²) in [5, 5.41) is 12.4. The molecular formula is C28H18N2OS. The second kappa shape index (κ2) is 8.89. The normalized spacial score (nSPS) is 11.3. The summed E-state index contributed by atoms with van der Waals surface area (Å²) in [5.74, 6) is 1.40. The molecule has 5 rings (SSSR count). The van der Waals surface area contributed by atoms with Crippen molar-refractivity contribution in [2.75, 3.05) is 0 Å². The molecule has 0 amide bonds. The Morgan fingerprint density at radius 3 is 2.06 bits per heavy atom. The van der Waals surface area contributed by atoms with Gasteiger partial charge in [0.2, 0.25) is 0 Å². The first-order valence-corrected chi connectivity index (χ1v) is 11.1. The van der Waals surface area contributed by atoms with E-state index in [-0.39, 0.29) is 0 Å². The fraction of sp³-hybridized carbons (Fsp3) is 0. The lowest BCUT2D eigenvalue weighted by Gasteiger charge is -2.02. The number of furan rings is 1. The van der Waals surface area contributed by atoms with Crippen LogP contribution < -0.4 is 0 Å². The second-order valence-corrected chi connectivity index (χ2v) is 8.08. The van der Waals surface area contributed by atoms with Gasteiger partial charge in [-0.05, 0) is 23.3 Å². The minimum atomic E-state index is 0.483. The summed E-state index contributed by atoms with van der Waals surface area (Å²) in [6, 6.07) is 34.5. The molecule has 5 aromatic rings. The van der Waals surface area contributed by atoms with Gasteiger partial charge in [-0.3, -0.25) is 0 Å². The lowest BCUT2D eigenvalue weighted by Crippen LogP contribution is -1.83. The topological polar surface area (TPSA) is 49.8 Å². The number of benzene rings is 3. The SMILES string of the molecule is N#CC(=Cc1ccc(-c2ccccc2)o1)c1nc(-c2ccc(-c3ccccc3)cc2)cs1. The molecule has 0 fully saturated rings. The van der Waals surface area contributed by atoms with Crippen LogP contribution >= 0.6 is 11.3 Å². The van der Waals surface area contributed by atoms with Crippen LogP contribution in [-0.2, 0) is 0 Å². The maximum atomic E-state index is 9.71. The second-order valence-electron chi connectivity index (χ2n) is 7.22. The Labute approximate surface area is 190 Å². The molecule has 0 aliphatic heterocycles. The van der Waals surface area contributed by atoms with Crippen molar-refractivity contribution in [2.45, 2.75) is 0 Å². The molecule has 2 heterocycles. The number of thiazole rings is 1. The zero-order valence-electron chi connectivity index (χ0n) is 17.1. The van der Waals surface area contributed by atoms with Crippen molar-refractivity contribution in [3.05, 3.63) is 113 Å². The zero-order valence-corrected chi connectivity index (χ0v) is 17.9. The standard InChI is InChI=1S/C28H18N2OS/c29-18-24(17-25-15-16-27(31-25)23-9-5-2-6-10-23)28-30-26(19-32-28)22-13-11-21(12-14-22)20-7-3-1-4-8-20/h1-17,19H. The van der Waals surface area contributed by atoms with E-state index in [0.29, 0.717) is 16.3 Å². The first kappa shape index (κ1) is 19.7. The van der Waals surface area contributed by atoms with Crippen molar-refractivity contribution in [3.8, 4) is 39.8 Å². The van der Waals surface area contributed by atoms with Gasteiger partial charge in [0.25, 0.3) is 0 Å². The van der Waals surface area contributed by atoms with Gasteiger partial charge in [0.05, 0.1) is 11.3 Å². The van der Waals surface area contributed by atoms with Crippen LogP contribution in [0.4, 0.5) is 0 Å². The molecule has 0 aliphatic carbocycles. The van der Waals surface area contributed by atoms with Gasteiger partial charge < -0.3 is 4.42 Å². The Bertz CT molecular complexity index is 1410. The fourth-order valence-electron chi connectivity index (χ4n) is 3.47. The van der Waals surface area contributed by atoms with E-state index >= 15 is 0 Å². The number of aromatic nitrogens is 1. The minimum Gasteiger partial charge on any atom is -0.457 e. The van der Waals surface area contributed by atoms with Crippen molar-refractivity contribution >= 4 is 23.0 Å². The fourth-order valence-corrected chi connectivity index (χ4v) is 4.26. The number of rotatable bonds is 5. The van der Waals surface area contributed by atoms with Gasteiger partial charge >= 0.3 is 0 Å². The van der Waals surface area contributed by atoms with Crippen molar-refractivity contribution in [2.24, 2.45) is 0 Å². The average molecular weight is 431 g/mol. The molecular weight excluding hydrogens is 412 g/mol. The van der Waals surface area contributed by atoms with E-state index in [9.17, 15) is 5.26 Å². The maximum Gasteiger partial charge on any atom is 0.134 e. The van der Waals surface area contributed by atoms with Gasteiger partial charge in [0.1, 0.15) is 22.6 Å². The van der Waals surface area contributed by atoms with Gasteiger partial charge in [-0.1, -0.05) is 84.9 Å². The molecule has 0 N–H and O–H groups in total. The lowest BCUT2D eigenvalue weighted by atomic mass is 10.0. The third-order valence-electron chi connectivity index (χ3n) is 5.11. The van der Waals surface area contributed by atoms with Gasteiger partial charge in [0, 0.05) is 22.6 Å². The van der Waals surface area contributed by atoms with E-state index in [1.54, 1.807) is 6.08 Å². The number of allylic oxidation sites excluding steroid dienone is 1. The number of hydrogen-bond acceptors (Lipinski definition) is 4. The van der Waals surface area contributed by atoms with Gasteiger partial charge in [-0.25, -0.2) is 4.98 Å². The monoisotopic (exact) mass is 430 g/mol. The molecule has 3 nitrogen and oxygen atoms in total. The highest BCUT2D eigenvalue weighted by Gasteiger charge is 2.11. The molecule has 4 heteroatoms. The van der Waals surface area contributed by atoms with Crippen LogP contribution in [0.3, 0.4) is 0 Å². The van der Waals surface area contributed by atoms with Crippen molar-refractivity contribution in [1.82, 2.24) is 4.98 Å². The highest BCUT2D eigenvalue weighted by molar-refractivity contribution is 7.11. The molecule has 32 heavy (non-hydrogen) atoms. The first-order valence-electron chi connectivity index (χ1n) is 10.2. The van der Waals surface area contributed by atoms with E-state index in [4.69, 9.17) is 9.40 Å². The predicted molar refractivity (Wildman–Crippen MR) is 131 cm³/mol. The van der Waals surface area contributed by atoms with E-state index < -0.39 is 0 Å². The average Bonchev–Trinajstić information content (AvgIpc) is 3.54. The van der Waals surface area contributed by atoms with Crippen LogP contribution in [0.25, 0.3) is 45.4 Å². The maximum absolute atomic E-state index is 9.71. The van der Waals surface area contributed by atoms with Crippen molar-refractivity contribution in [3.63, 3.8) is 0 Å². The van der Waals surface area contributed by atoms with Gasteiger partial charge in [-0.15, -0.1) is 11.3 Å². The summed E-state index contributed by atoms with van der Waals surface area (Å²) in [5.41, 5.74) is 5.71. The largest absolute Gasteiger partial charge is 0.457 e. The van der Waals surface area contributed by atoms with Crippen molar-refractivity contribution in [1.29, 1.82) is 5.26 Å². The van der Waals surface area contributed by atoms with E-state index in [1.807, 2.05) is 66.0 Å². The summed E-state index contributed by atoms with van der Waals surface area (Å²) in [6.45, 7) is 0. The van der Waals surface area contributed by atoms with Crippen LogP contribution in [0.1, 0.15) is 10.8 Å². The van der Waals surface area contributed by atoms with E-state index in [2.05, 4.69) is 42.5 Å². The third-order valence-corrected chi connectivity index (χ3v) is 5.99. The van der Waals surface area contributed by atoms with E-state index in [1.165, 1.54) is 16.9 Å². The third kappa shape index (κ3) is 4.15. The molecule has 152 valence electrons. The zero-order chi connectivity index (χ0) is 21.8. The van der Waals surface area contributed by atoms with Crippen LogP contribution in [0.2, 0.25) is 0 Å². The summed E-state index contributed by atoms with van der Waals surface area (Å²) in [6.07, 6.45) is 1.74. The lowest BCUT2D eigenvalue weighted by molar-refractivity contribution is 0.572. The summed E-state index contributed by atoms with van der Waals surface area (Å²) >= 11 is 1.46. The molecule has 2 aromatic heterocycles. The Morgan fingerprint density at radius 1 is 0.750 bits per heavy atom.